The predicted molar refractivity (Wildman–Crippen MR) is 104 cm³/mol. The van der Waals surface area contributed by atoms with Gasteiger partial charge in [-0.15, -0.1) is 20.4 Å². The summed E-state index contributed by atoms with van der Waals surface area (Å²) >= 11 is 2.61. The van der Waals surface area contributed by atoms with E-state index in [-0.39, 0.29) is 5.65 Å². The van der Waals surface area contributed by atoms with Crippen LogP contribution >= 0.6 is 23.1 Å². The van der Waals surface area contributed by atoms with Gasteiger partial charge in [-0.25, -0.2) is 8.78 Å². The fourth-order valence-corrected chi connectivity index (χ4v) is 4.34. The number of benzene rings is 1. The van der Waals surface area contributed by atoms with Gasteiger partial charge in [-0.05, 0) is 48.4 Å². The van der Waals surface area contributed by atoms with Crippen molar-refractivity contribution in [3.63, 3.8) is 0 Å². The molecule has 0 bridgehead atoms. The van der Waals surface area contributed by atoms with Crippen LogP contribution in [0.15, 0.2) is 39.7 Å². The summed E-state index contributed by atoms with van der Waals surface area (Å²) < 4.78 is 27.7. The third-order valence-electron chi connectivity index (χ3n) is 4.03. The van der Waals surface area contributed by atoms with Crippen molar-refractivity contribution in [2.24, 2.45) is 0 Å². The van der Waals surface area contributed by atoms with Crippen LogP contribution in [0.3, 0.4) is 0 Å². The molecule has 0 aliphatic heterocycles. The maximum atomic E-state index is 13.0. The van der Waals surface area contributed by atoms with Crippen LogP contribution in [0.4, 0.5) is 19.6 Å². The Morgan fingerprint density at radius 3 is 2.79 bits per heavy atom. The lowest BCUT2D eigenvalue weighted by molar-refractivity contribution is 0.137. The molecule has 3 aromatic heterocycles. The summed E-state index contributed by atoms with van der Waals surface area (Å²) in [6.07, 6.45) is -1.85. The molecule has 0 atom stereocenters. The molecule has 11 heteroatoms. The highest BCUT2D eigenvalue weighted by molar-refractivity contribution is 8.01. The number of alkyl halides is 2. The van der Waals surface area contributed by atoms with Crippen LogP contribution in [-0.2, 0) is 6.42 Å². The molecule has 4 rings (SSSR count). The number of fused-ring (bicyclic) bond motifs is 1. The second kappa shape index (κ2) is 7.76. The Balaban J connectivity index is 1.56. The molecular formula is C17H15F2N7S2. The Bertz CT molecular complexity index is 1130. The largest absolute Gasteiger partial charge is 0.330 e. The fraction of sp³-hybridized carbons (Fsp3) is 0.235. The van der Waals surface area contributed by atoms with Crippen LogP contribution in [0.5, 0.6) is 0 Å². The highest BCUT2D eigenvalue weighted by Crippen LogP contribution is 2.33. The minimum absolute atomic E-state index is 0.269. The van der Waals surface area contributed by atoms with E-state index in [9.17, 15) is 8.78 Å². The zero-order valence-electron chi connectivity index (χ0n) is 14.9. The lowest BCUT2D eigenvalue weighted by Crippen LogP contribution is -2.00. The number of aromatic nitrogens is 6. The number of hydrogen-bond donors (Lipinski definition) is 1. The summed E-state index contributed by atoms with van der Waals surface area (Å²) in [6, 6.07) is 9.42. The van der Waals surface area contributed by atoms with Gasteiger partial charge in [0.1, 0.15) is 5.03 Å². The molecule has 0 spiro atoms. The van der Waals surface area contributed by atoms with Crippen molar-refractivity contribution in [1.82, 2.24) is 30.0 Å². The molecule has 0 unspecified atom stereocenters. The van der Waals surface area contributed by atoms with Gasteiger partial charge < -0.3 is 5.32 Å². The molecule has 0 amide bonds. The van der Waals surface area contributed by atoms with Crippen molar-refractivity contribution in [2.75, 3.05) is 5.32 Å². The van der Waals surface area contributed by atoms with Crippen LogP contribution in [0.25, 0.3) is 5.65 Å². The minimum Gasteiger partial charge on any atom is -0.330 e. The van der Waals surface area contributed by atoms with Gasteiger partial charge in [0.2, 0.25) is 11.0 Å². The van der Waals surface area contributed by atoms with Crippen molar-refractivity contribution >= 4 is 39.6 Å². The van der Waals surface area contributed by atoms with E-state index in [4.69, 9.17) is 0 Å². The third-order valence-corrected chi connectivity index (χ3v) is 5.84. The molecule has 0 aliphatic rings. The van der Waals surface area contributed by atoms with Crippen molar-refractivity contribution in [3.05, 3.63) is 47.3 Å². The highest BCUT2D eigenvalue weighted by atomic mass is 32.2. The first-order valence-electron chi connectivity index (χ1n) is 8.42. The van der Waals surface area contributed by atoms with E-state index >= 15 is 0 Å². The third kappa shape index (κ3) is 3.67. The van der Waals surface area contributed by atoms with E-state index in [2.05, 4.69) is 43.8 Å². The van der Waals surface area contributed by atoms with Gasteiger partial charge in [0, 0.05) is 5.69 Å². The SMILES string of the molecule is CCc1cccc(C)c1Nc1nnc(Sc2ccc3nnc(C(F)F)n3n2)s1. The maximum absolute atomic E-state index is 13.0. The Morgan fingerprint density at radius 2 is 2.00 bits per heavy atom. The Hall–Kier alpha value is -2.66. The van der Waals surface area contributed by atoms with Gasteiger partial charge in [0.05, 0.1) is 0 Å². The van der Waals surface area contributed by atoms with Gasteiger partial charge in [-0.2, -0.15) is 9.61 Å². The van der Waals surface area contributed by atoms with Gasteiger partial charge in [-0.3, -0.25) is 0 Å². The normalized spacial score (nSPS) is 11.5. The summed E-state index contributed by atoms with van der Waals surface area (Å²) in [5.74, 6) is -0.483. The van der Waals surface area contributed by atoms with Crippen molar-refractivity contribution in [2.45, 2.75) is 36.1 Å². The van der Waals surface area contributed by atoms with Crippen molar-refractivity contribution in [1.29, 1.82) is 0 Å². The number of halogens is 2. The molecule has 4 aromatic rings. The number of para-hydroxylation sites is 1. The topological polar surface area (TPSA) is 80.9 Å². The van der Waals surface area contributed by atoms with E-state index in [1.807, 2.05) is 19.1 Å². The van der Waals surface area contributed by atoms with Crippen LogP contribution in [-0.4, -0.2) is 30.0 Å². The number of aryl methyl sites for hydroxylation is 2. The first-order chi connectivity index (χ1) is 13.5. The zero-order valence-corrected chi connectivity index (χ0v) is 16.6. The first-order valence-corrected chi connectivity index (χ1v) is 10.1. The molecule has 0 aliphatic carbocycles. The van der Waals surface area contributed by atoms with Crippen molar-refractivity contribution < 1.29 is 8.78 Å². The fourth-order valence-electron chi connectivity index (χ4n) is 2.68. The summed E-state index contributed by atoms with van der Waals surface area (Å²) in [5, 5.41) is 24.2. The van der Waals surface area contributed by atoms with Crippen LogP contribution in [0.2, 0.25) is 0 Å². The smallest absolute Gasteiger partial charge is 0.299 e. The Morgan fingerprint density at radius 1 is 1.14 bits per heavy atom. The molecule has 28 heavy (non-hydrogen) atoms. The summed E-state index contributed by atoms with van der Waals surface area (Å²) in [7, 11) is 0. The van der Waals surface area contributed by atoms with Gasteiger partial charge >= 0.3 is 0 Å². The van der Waals surface area contributed by atoms with E-state index in [0.29, 0.717) is 14.5 Å². The zero-order chi connectivity index (χ0) is 19.7. The number of rotatable bonds is 6. The molecule has 0 fully saturated rings. The number of anilines is 2. The summed E-state index contributed by atoms with van der Waals surface area (Å²) in [6.45, 7) is 4.14. The van der Waals surface area contributed by atoms with E-state index in [1.54, 1.807) is 12.1 Å². The standard InChI is InChI=1S/C17H15F2N7S2/c1-3-10-6-4-5-9(2)13(10)20-16-23-24-17(28-16)27-12-8-7-11-21-22-15(14(18)19)26(11)25-12/h4-8,14H,3H2,1-2H3,(H,20,23). The average Bonchev–Trinajstić information content (AvgIpc) is 3.30. The van der Waals surface area contributed by atoms with Crippen LogP contribution < -0.4 is 5.32 Å². The molecular weight excluding hydrogens is 404 g/mol. The van der Waals surface area contributed by atoms with Gasteiger partial charge in [-0.1, -0.05) is 36.5 Å². The molecule has 0 radical (unpaired) electrons. The Kier molecular flexibility index (Phi) is 5.18. The molecule has 0 saturated carbocycles. The van der Waals surface area contributed by atoms with Crippen LogP contribution in [0, 0.1) is 6.92 Å². The van der Waals surface area contributed by atoms with E-state index in [0.717, 1.165) is 22.2 Å². The monoisotopic (exact) mass is 419 g/mol. The van der Waals surface area contributed by atoms with E-state index in [1.165, 1.54) is 28.7 Å². The lowest BCUT2D eigenvalue weighted by atomic mass is 10.1. The average molecular weight is 419 g/mol. The highest BCUT2D eigenvalue weighted by Gasteiger charge is 2.18. The quantitative estimate of drug-likeness (QED) is 0.486. The molecule has 3 heterocycles. The maximum Gasteiger partial charge on any atom is 0.299 e. The summed E-state index contributed by atoms with van der Waals surface area (Å²) in [5.41, 5.74) is 3.63. The number of nitrogens with zero attached hydrogens (tertiary/aromatic N) is 6. The number of hydrogen-bond acceptors (Lipinski definition) is 8. The lowest BCUT2D eigenvalue weighted by Gasteiger charge is -2.11. The van der Waals surface area contributed by atoms with E-state index < -0.39 is 12.2 Å². The minimum atomic E-state index is -2.75. The predicted octanol–water partition coefficient (Wildman–Crippen LogP) is 4.68. The summed E-state index contributed by atoms with van der Waals surface area (Å²) in [4.78, 5) is 0. The van der Waals surface area contributed by atoms with Crippen LogP contribution in [0.1, 0.15) is 30.3 Å². The molecule has 0 saturated heterocycles. The van der Waals surface area contributed by atoms with Gasteiger partial charge in [0.15, 0.2) is 9.99 Å². The Labute approximate surface area is 167 Å². The second-order valence-electron chi connectivity index (χ2n) is 5.86. The first kappa shape index (κ1) is 18.7. The number of nitrogens with one attached hydrogen (secondary N) is 1. The molecule has 7 nitrogen and oxygen atoms in total. The second-order valence-corrected chi connectivity index (χ2v) is 8.11. The molecule has 144 valence electrons. The molecule has 1 aromatic carbocycles. The van der Waals surface area contributed by atoms with Crippen molar-refractivity contribution in [3.8, 4) is 0 Å². The van der Waals surface area contributed by atoms with Gasteiger partial charge in [0.25, 0.3) is 6.43 Å². The molecule has 1 N–H and O–H groups in total.